The molecule has 0 spiro atoms. The maximum Gasteiger partial charge on any atom is 0.222 e. The van der Waals surface area contributed by atoms with Crippen molar-refractivity contribution in [3.8, 4) is 0 Å². The van der Waals surface area contributed by atoms with Crippen LogP contribution in [0.1, 0.15) is 42.4 Å². The Morgan fingerprint density at radius 1 is 1.19 bits per heavy atom. The fraction of sp³-hybridized carbons (Fsp3) is 0.526. The molecule has 1 aromatic heterocycles. The van der Waals surface area contributed by atoms with Crippen LogP contribution in [0.2, 0.25) is 5.02 Å². The summed E-state index contributed by atoms with van der Waals surface area (Å²) in [6, 6.07) is 7.75. The summed E-state index contributed by atoms with van der Waals surface area (Å²) in [6.07, 6.45) is 3.14. The molecule has 1 N–H and O–H groups in total. The lowest BCUT2D eigenvalue weighted by molar-refractivity contribution is -0.132. The molecule has 8 heteroatoms. The van der Waals surface area contributed by atoms with Crippen molar-refractivity contribution in [2.75, 3.05) is 19.6 Å². The van der Waals surface area contributed by atoms with Gasteiger partial charge in [0, 0.05) is 43.5 Å². The van der Waals surface area contributed by atoms with Gasteiger partial charge in [-0.25, -0.2) is 0 Å². The van der Waals surface area contributed by atoms with Gasteiger partial charge in [0.05, 0.1) is 6.54 Å². The monoisotopic (exact) mass is 409 g/mol. The number of piperidine rings is 1. The molecule has 0 unspecified atom stereocenters. The molecular weight excluding hydrogens is 385 g/mol. The number of carbonyl (C=O) groups excluding carboxylic acids is 1. The zero-order chi connectivity index (χ0) is 17.9. The van der Waals surface area contributed by atoms with Crippen LogP contribution in [0.3, 0.4) is 0 Å². The number of hydrogen-bond donors (Lipinski definition) is 1. The summed E-state index contributed by atoms with van der Waals surface area (Å²) in [4.78, 5) is 14.5. The second kappa shape index (κ2) is 9.04. The van der Waals surface area contributed by atoms with Gasteiger partial charge in [0.15, 0.2) is 0 Å². The van der Waals surface area contributed by atoms with E-state index in [1.165, 1.54) is 0 Å². The van der Waals surface area contributed by atoms with E-state index in [0.717, 1.165) is 67.8 Å². The highest BCUT2D eigenvalue weighted by Gasteiger charge is 2.28. The number of likely N-dealkylation sites (tertiary alicyclic amines) is 1. The Morgan fingerprint density at radius 3 is 2.74 bits per heavy atom. The van der Waals surface area contributed by atoms with Gasteiger partial charge in [-0.3, -0.25) is 4.79 Å². The molecule has 1 saturated heterocycles. The van der Waals surface area contributed by atoms with Crippen molar-refractivity contribution in [2.24, 2.45) is 0 Å². The van der Waals surface area contributed by atoms with Gasteiger partial charge in [-0.15, -0.1) is 22.6 Å². The van der Waals surface area contributed by atoms with Gasteiger partial charge in [0.25, 0.3) is 0 Å². The summed E-state index contributed by atoms with van der Waals surface area (Å²) >= 11 is 6.18. The first-order valence-corrected chi connectivity index (χ1v) is 9.74. The summed E-state index contributed by atoms with van der Waals surface area (Å²) in [6.45, 7) is 4.30. The van der Waals surface area contributed by atoms with Gasteiger partial charge >= 0.3 is 0 Å². The maximum absolute atomic E-state index is 12.5. The average Bonchev–Trinajstić information content (AvgIpc) is 3.11. The largest absolute Gasteiger partial charge is 0.343 e. The van der Waals surface area contributed by atoms with E-state index in [2.05, 4.69) is 20.1 Å². The van der Waals surface area contributed by atoms with Crippen LogP contribution in [0.4, 0.5) is 0 Å². The van der Waals surface area contributed by atoms with Gasteiger partial charge in [0.1, 0.15) is 11.6 Å². The first-order valence-electron chi connectivity index (χ1n) is 9.36. The van der Waals surface area contributed by atoms with Gasteiger partial charge in [-0.05, 0) is 30.9 Å². The molecule has 2 aliphatic rings. The fourth-order valence-electron chi connectivity index (χ4n) is 3.90. The number of hydrogen-bond acceptors (Lipinski definition) is 4. The number of halogens is 2. The highest BCUT2D eigenvalue weighted by Crippen LogP contribution is 2.28. The van der Waals surface area contributed by atoms with Crippen molar-refractivity contribution in [3.63, 3.8) is 0 Å². The summed E-state index contributed by atoms with van der Waals surface area (Å²) in [5.41, 5.74) is 1.04. The van der Waals surface area contributed by atoms with Crippen LogP contribution in [0.5, 0.6) is 0 Å². The predicted molar refractivity (Wildman–Crippen MR) is 107 cm³/mol. The highest BCUT2D eigenvalue weighted by atomic mass is 35.5. The molecule has 2 aromatic rings. The Bertz CT molecular complexity index is 786. The molecule has 1 fully saturated rings. The zero-order valence-corrected chi connectivity index (χ0v) is 16.8. The molecule has 0 atom stereocenters. The van der Waals surface area contributed by atoms with E-state index < -0.39 is 0 Å². The standard InChI is InChI=1S/C19H24ClN5O.ClH/c20-16-4-2-1-3-14(16)5-6-18(26)24-10-7-15(8-11-24)19-23-22-17-13-21-9-12-25(17)19;/h1-4,15,21H,5-13H2;1H. The van der Waals surface area contributed by atoms with Crippen LogP contribution >= 0.6 is 24.0 Å². The second-order valence-corrected chi connectivity index (χ2v) is 7.46. The highest BCUT2D eigenvalue weighted by molar-refractivity contribution is 6.31. The van der Waals surface area contributed by atoms with E-state index in [1.54, 1.807) is 0 Å². The molecule has 2 aliphatic heterocycles. The molecule has 6 nitrogen and oxygen atoms in total. The second-order valence-electron chi connectivity index (χ2n) is 7.05. The number of aromatic nitrogens is 3. The molecule has 0 aliphatic carbocycles. The third-order valence-corrected chi connectivity index (χ3v) is 5.80. The number of carbonyl (C=O) groups is 1. The normalized spacial score (nSPS) is 17.3. The van der Waals surface area contributed by atoms with Gasteiger partial charge in [0.2, 0.25) is 5.91 Å². The van der Waals surface area contributed by atoms with E-state index >= 15 is 0 Å². The molecule has 4 rings (SSSR count). The van der Waals surface area contributed by atoms with Crippen molar-refractivity contribution in [1.82, 2.24) is 25.0 Å². The first kappa shape index (κ1) is 20.1. The molecule has 0 saturated carbocycles. The molecule has 1 aromatic carbocycles. The smallest absolute Gasteiger partial charge is 0.222 e. The predicted octanol–water partition coefficient (Wildman–Crippen LogP) is 2.80. The number of fused-ring (bicyclic) bond motifs is 1. The van der Waals surface area contributed by atoms with E-state index in [-0.39, 0.29) is 18.3 Å². The van der Waals surface area contributed by atoms with Crippen LogP contribution in [0.15, 0.2) is 24.3 Å². The van der Waals surface area contributed by atoms with Crippen molar-refractivity contribution >= 4 is 29.9 Å². The van der Waals surface area contributed by atoms with Gasteiger partial charge in [-0.2, -0.15) is 0 Å². The Labute approximate surface area is 170 Å². The van der Waals surface area contributed by atoms with Crippen LogP contribution in [0, 0.1) is 0 Å². The quantitative estimate of drug-likeness (QED) is 0.842. The Morgan fingerprint density at radius 2 is 1.96 bits per heavy atom. The summed E-state index contributed by atoms with van der Waals surface area (Å²) in [5, 5.41) is 12.8. The van der Waals surface area contributed by atoms with Crippen molar-refractivity contribution in [3.05, 3.63) is 46.5 Å². The molecular formula is C19H25Cl2N5O. The number of amides is 1. The van der Waals surface area contributed by atoms with E-state index in [1.807, 2.05) is 29.2 Å². The number of nitrogens with one attached hydrogen (secondary N) is 1. The lowest BCUT2D eigenvalue weighted by Gasteiger charge is -2.32. The van der Waals surface area contributed by atoms with E-state index in [9.17, 15) is 4.79 Å². The topological polar surface area (TPSA) is 63.1 Å². The molecule has 146 valence electrons. The van der Waals surface area contributed by atoms with Crippen LogP contribution in [0.25, 0.3) is 0 Å². The molecule has 27 heavy (non-hydrogen) atoms. The minimum absolute atomic E-state index is 0. The van der Waals surface area contributed by atoms with E-state index in [4.69, 9.17) is 11.6 Å². The molecule has 0 bridgehead atoms. The van der Waals surface area contributed by atoms with Crippen LogP contribution in [-0.4, -0.2) is 45.2 Å². The minimum Gasteiger partial charge on any atom is -0.343 e. The third-order valence-electron chi connectivity index (χ3n) is 5.43. The third kappa shape index (κ3) is 4.45. The Balaban J connectivity index is 0.00000210. The number of benzene rings is 1. The maximum atomic E-state index is 12.5. The lowest BCUT2D eigenvalue weighted by atomic mass is 9.95. The van der Waals surface area contributed by atoms with Gasteiger partial charge < -0.3 is 14.8 Å². The number of rotatable bonds is 4. The van der Waals surface area contributed by atoms with Crippen molar-refractivity contribution < 1.29 is 4.79 Å². The van der Waals surface area contributed by atoms with Gasteiger partial charge in [-0.1, -0.05) is 29.8 Å². The lowest BCUT2D eigenvalue weighted by Crippen LogP contribution is -2.39. The van der Waals surface area contributed by atoms with Crippen LogP contribution in [-0.2, 0) is 24.3 Å². The van der Waals surface area contributed by atoms with Crippen molar-refractivity contribution in [1.29, 1.82) is 0 Å². The Kier molecular flexibility index (Phi) is 6.73. The SMILES string of the molecule is Cl.O=C(CCc1ccccc1Cl)N1CCC(c2nnc3n2CCNC3)CC1. The summed E-state index contributed by atoms with van der Waals surface area (Å²) in [7, 11) is 0. The average molecular weight is 410 g/mol. The fourth-order valence-corrected chi connectivity index (χ4v) is 4.13. The molecule has 3 heterocycles. The number of nitrogens with zero attached hydrogens (tertiary/aromatic N) is 4. The number of aryl methyl sites for hydroxylation is 1. The summed E-state index contributed by atoms with van der Waals surface area (Å²) < 4.78 is 2.26. The molecule has 0 radical (unpaired) electrons. The van der Waals surface area contributed by atoms with E-state index in [0.29, 0.717) is 18.8 Å². The Hall–Kier alpha value is -1.63. The minimum atomic E-state index is 0. The van der Waals surface area contributed by atoms with Crippen LogP contribution < -0.4 is 5.32 Å². The van der Waals surface area contributed by atoms with Crippen molar-refractivity contribution in [2.45, 2.75) is 44.7 Å². The molecule has 1 amide bonds. The summed E-state index contributed by atoms with van der Waals surface area (Å²) in [5.74, 6) is 2.76. The first-order chi connectivity index (χ1) is 12.7. The zero-order valence-electron chi connectivity index (χ0n) is 15.2.